The van der Waals surface area contributed by atoms with E-state index in [1.807, 2.05) is 12.1 Å². The lowest BCUT2D eigenvalue weighted by atomic mass is 9.98. The van der Waals surface area contributed by atoms with E-state index in [0.29, 0.717) is 15.6 Å². The molecular weight excluding hydrogens is 382 g/mol. The van der Waals surface area contributed by atoms with Gasteiger partial charge in [0.05, 0.1) is 4.47 Å². The Labute approximate surface area is 153 Å². The molecule has 1 heterocycles. The van der Waals surface area contributed by atoms with Gasteiger partial charge in [-0.2, -0.15) is 0 Å². The maximum Gasteiger partial charge on any atom is 0.256 e. The minimum Gasteiger partial charge on any atom is -0.506 e. The van der Waals surface area contributed by atoms with Crippen molar-refractivity contribution in [3.05, 3.63) is 57.1 Å². The van der Waals surface area contributed by atoms with E-state index in [2.05, 4.69) is 21.2 Å². The molecule has 1 saturated carbocycles. The van der Waals surface area contributed by atoms with E-state index in [9.17, 15) is 14.7 Å². The molecule has 1 aliphatic carbocycles. The van der Waals surface area contributed by atoms with Crippen molar-refractivity contribution in [2.75, 3.05) is 5.32 Å². The molecule has 0 spiro atoms. The molecule has 1 amide bonds. The number of benzene rings is 2. The van der Waals surface area contributed by atoms with E-state index >= 15 is 0 Å². The molecule has 5 heteroatoms. The van der Waals surface area contributed by atoms with Gasteiger partial charge in [0.25, 0.3) is 5.91 Å². The predicted molar refractivity (Wildman–Crippen MR) is 101 cm³/mol. The van der Waals surface area contributed by atoms with E-state index in [1.165, 1.54) is 0 Å². The van der Waals surface area contributed by atoms with Gasteiger partial charge in [0.2, 0.25) is 0 Å². The third-order valence-corrected chi connectivity index (χ3v) is 5.23. The van der Waals surface area contributed by atoms with Crippen LogP contribution in [0.1, 0.15) is 39.9 Å². The fraction of sp³-hybridized carbons (Fsp3) is 0.200. The van der Waals surface area contributed by atoms with Crippen molar-refractivity contribution in [2.24, 2.45) is 5.92 Å². The Hall–Kier alpha value is -2.40. The molecule has 0 bridgehead atoms. The second-order valence-corrected chi connectivity index (χ2v) is 7.43. The van der Waals surface area contributed by atoms with Gasteiger partial charge >= 0.3 is 0 Å². The molecule has 2 aliphatic rings. The molecule has 2 N–H and O–H groups in total. The standard InChI is InChI=1S/C20H16BrNO3/c1-10-6-11(8-16(21)18(10)23)7-15-14-9-13(19(24)12-2-3-12)4-5-17(14)22-20(15)25/h4-9,12,23H,2-3H2,1H3,(H,22,25)/b15-7-. The highest BCUT2D eigenvalue weighted by Crippen LogP contribution is 2.38. The van der Waals surface area contributed by atoms with Crippen LogP contribution >= 0.6 is 15.9 Å². The maximum absolute atomic E-state index is 12.4. The van der Waals surface area contributed by atoms with Crippen LogP contribution in [0.3, 0.4) is 0 Å². The fourth-order valence-electron chi connectivity index (χ4n) is 3.08. The van der Waals surface area contributed by atoms with E-state index in [4.69, 9.17) is 0 Å². The summed E-state index contributed by atoms with van der Waals surface area (Å²) in [7, 11) is 0. The van der Waals surface area contributed by atoms with Crippen LogP contribution in [0, 0.1) is 12.8 Å². The van der Waals surface area contributed by atoms with Gasteiger partial charge in [-0.3, -0.25) is 9.59 Å². The number of phenolic OH excluding ortho intramolecular Hbond substituents is 1. The van der Waals surface area contributed by atoms with Crippen LogP contribution in [-0.4, -0.2) is 16.8 Å². The van der Waals surface area contributed by atoms with Crippen molar-refractivity contribution >= 4 is 45.0 Å². The molecule has 126 valence electrons. The summed E-state index contributed by atoms with van der Waals surface area (Å²) in [6, 6.07) is 8.96. The molecule has 25 heavy (non-hydrogen) atoms. The van der Waals surface area contributed by atoms with Gasteiger partial charge in [0, 0.05) is 28.3 Å². The first-order chi connectivity index (χ1) is 11.9. The third kappa shape index (κ3) is 2.89. The molecule has 1 aliphatic heterocycles. The number of aryl methyl sites for hydroxylation is 1. The molecule has 4 rings (SSSR count). The minimum atomic E-state index is -0.187. The Morgan fingerprint density at radius 1 is 1.28 bits per heavy atom. The number of fused-ring (bicyclic) bond motifs is 1. The zero-order valence-corrected chi connectivity index (χ0v) is 15.2. The molecule has 4 nitrogen and oxygen atoms in total. The number of carbonyl (C=O) groups excluding carboxylic acids is 2. The number of ketones is 1. The number of phenols is 1. The summed E-state index contributed by atoms with van der Waals surface area (Å²) in [4.78, 5) is 24.7. The summed E-state index contributed by atoms with van der Waals surface area (Å²) in [5.41, 5.74) is 4.18. The number of Topliss-reactive ketones (excluding diaryl/α,β-unsaturated/α-hetero) is 1. The lowest BCUT2D eigenvalue weighted by Crippen LogP contribution is -2.03. The zero-order valence-electron chi connectivity index (χ0n) is 13.6. The number of hydrogen-bond donors (Lipinski definition) is 2. The molecule has 0 aromatic heterocycles. The summed E-state index contributed by atoms with van der Waals surface area (Å²) in [6.07, 6.45) is 3.69. The van der Waals surface area contributed by atoms with Crippen LogP contribution in [0.4, 0.5) is 5.69 Å². The van der Waals surface area contributed by atoms with Gasteiger partial charge in [0.1, 0.15) is 5.75 Å². The smallest absolute Gasteiger partial charge is 0.256 e. The van der Waals surface area contributed by atoms with E-state index in [-0.39, 0.29) is 23.4 Å². The topological polar surface area (TPSA) is 66.4 Å². The van der Waals surface area contributed by atoms with Crippen LogP contribution in [-0.2, 0) is 4.79 Å². The zero-order chi connectivity index (χ0) is 17.7. The summed E-state index contributed by atoms with van der Waals surface area (Å²) in [6.45, 7) is 1.80. The molecule has 0 radical (unpaired) electrons. The van der Waals surface area contributed by atoms with Crippen molar-refractivity contribution in [1.29, 1.82) is 0 Å². The minimum absolute atomic E-state index is 0.145. The lowest BCUT2D eigenvalue weighted by molar-refractivity contribution is -0.110. The van der Waals surface area contributed by atoms with Crippen molar-refractivity contribution in [1.82, 2.24) is 0 Å². The molecule has 0 unspecified atom stereocenters. The number of nitrogens with one attached hydrogen (secondary N) is 1. The summed E-state index contributed by atoms with van der Waals surface area (Å²) in [5, 5.41) is 12.7. The molecule has 2 aromatic carbocycles. The van der Waals surface area contributed by atoms with Crippen LogP contribution in [0.2, 0.25) is 0 Å². The molecule has 2 aromatic rings. The van der Waals surface area contributed by atoms with Crippen LogP contribution in [0.25, 0.3) is 11.6 Å². The first-order valence-corrected chi connectivity index (χ1v) is 8.94. The van der Waals surface area contributed by atoms with Gasteiger partial charge in [-0.05, 0) is 83.2 Å². The van der Waals surface area contributed by atoms with E-state index < -0.39 is 0 Å². The predicted octanol–water partition coefficient (Wildman–Crippen LogP) is 4.55. The Bertz CT molecular complexity index is 934. The van der Waals surface area contributed by atoms with Gasteiger partial charge < -0.3 is 10.4 Å². The highest BCUT2D eigenvalue weighted by atomic mass is 79.9. The van der Waals surface area contributed by atoms with Gasteiger partial charge in [-0.25, -0.2) is 0 Å². The summed E-state index contributed by atoms with van der Waals surface area (Å²) >= 11 is 3.32. The average molecular weight is 398 g/mol. The number of amides is 1. The first-order valence-electron chi connectivity index (χ1n) is 8.15. The SMILES string of the molecule is Cc1cc(/C=C2\C(=O)Nc3ccc(C(=O)C4CC4)cc32)cc(Br)c1O. The Morgan fingerprint density at radius 3 is 2.72 bits per heavy atom. The summed E-state index contributed by atoms with van der Waals surface area (Å²) in [5.74, 6) is 0.305. The molecule has 1 fully saturated rings. The number of anilines is 1. The van der Waals surface area contributed by atoms with Gasteiger partial charge in [-0.1, -0.05) is 0 Å². The Kier molecular flexibility index (Phi) is 3.76. The van der Waals surface area contributed by atoms with Crippen molar-refractivity contribution in [3.63, 3.8) is 0 Å². The maximum atomic E-state index is 12.4. The lowest BCUT2D eigenvalue weighted by Gasteiger charge is -2.06. The molecule has 0 atom stereocenters. The van der Waals surface area contributed by atoms with Crippen LogP contribution < -0.4 is 5.32 Å². The van der Waals surface area contributed by atoms with Crippen LogP contribution in [0.15, 0.2) is 34.8 Å². The van der Waals surface area contributed by atoms with E-state index in [1.54, 1.807) is 31.2 Å². The number of carbonyl (C=O) groups is 2. The van der Waals surface area contributed by atoms with Gasteiger partial charge in [0.15, 0.2) is 5.78 Å². The molecule has 0 saturated heterocycles. The Balaban J connectivity index is 1.78. The second kappa shape index (κ2) is 5.85. The third-order valence-electron chi connectivity index (χ3n) is 4.62. The van der Waals surface area contributed by atoms with Crippen LogP contribution in [0.5, 0.6) is 5.75 Å². The highest BCUT2D eigenvalue weighted by molar-refractivity contribution is 9.10. The van der Waals surface area contributed by atoms with Crippen molar-refractivity contribution in [3.8, 4) is 5.75 Å². The van der Waals surface area contributed by atoms with E-state index in [0.717, 1.165) is 35.2 Å². The number of rotatable bonds is 3. The normalized spacial score (nSPS) is 17.5. The second-order valence-electron chi connectivity index (χ2n) is 6.58. The van der Waals surface area contributed by atoms with Crippen molar-refractivity contribution < 1.29 is 14.7 Å². The highest BCUT2D eigenvalue weighted by Gasteiger charge is 2.32. The number of hydrogen-bond acceptors (Lipinski definition) is 3. The summed E-state index contributed by atoms with van der Waals surface area (Å²) < 4.78 is 0.579. The number of aromatic hydroxyl groups is 1. The quantitative estimate of drug-likeness (QED) is 0.589. The monoisotopic (exact) mass is 397 g/mol. The van der Waals surface area contributed by atoms with Gasteiger partial charge in [-0.15, -0.1) is 0 Å². The Morgan fingerprint density at radius 2 is 2.04 bits per heavy atom. The molecular formula is C20H16BrNO3. The average Bonchev–Trinajstić information content (AvgIpc) is 3.38. The fourth-order valence-corrected chi connectivity index (χ4v) is 3.66. The number of halogens is 1. The largest absolute Gasteiger partial charge is 0.506 e. The first kappa shape index (κ1) is 16.1. The van der Waals surface area contributed by atoms with Crippen molar-refractivity contribution in [2.45, 2.75) is 19.8 Å².